The molecule has 2 heterocycles. The number of hydrogen-bond donors (Lipinski definition) is 5. The van der Waals surface area contributed by atoms with Crippen LogP contribution in [0.1, 0.15) is 16.7 Å². The minimum absolute atomic E-state index is 0.216. The van der Waals surface area contributed by atoms with Crippen LogP contribution in [0.2, 0.25) is 0 Å². The predicted octanol–water partition coefficient (Wildman–Crippen LogP) is 3.37. The fourth-order valence-corrected chi connectivity index (χ4v) is 3.18. The molecule has 1 amide bonds. The summed E-state index contributed by atoms with van der Waals surface area (Å²) in [6.45, 7) is 0.958. The maximum Gasteiger partial charge on any atom is 0.300 e. The fraction of sp³-hybridized carbons (Fsp3) is 0.0800. The number of fused-ring (bicyclic) bond motifs is 1. The van der Waals surface area contributed by atoms with E-state index in [-0.39, 0.29) is 11.9 Å². The van der Waals surface area contributed by atoms with Crippen LogP contribution in [-0.2, 0) is 17.9 Å². The summed E-state index contributed by atoms with van der Waals surface area (Å²) in [4.78, 5) is 19.5. The molecule has 2 aromatic heterocycles. The number of pyridine rings is 1. The lowest BCUT2D eigenvalue weighted by Crippen LogP contribution is -2.35. The standard InChI is InChI=1S/C25H22N6O/c26-25(30-17-20-11-13-27-24-22(20)12-14-28-24)29-16-19-7-4-8-21(15-19)31-23(32)10-9-18-5-2-1-3-6-18/h1-8,11-15H,16-17H2,(H,27,28)(H,31,32)(H3,26,29,30). The number of nitrogens with one attached hydrogen (secondary N) is 5. The Morgan fingerprint density at radius 1 is 1.00 bits per heavy atom. The molecule has 5 N–H and O–H groups in total. The van der Waals surface area contributed by atoms with E-state index >= 15 is 0 Å². The molecular weight excluding hydrogens is 400 g/mol. The number of nitrogens with zero attached hydrogens (tertiary/aromatic N) is 1. The number of aromatic nitrogens is 2. The van der Waals surface area contributed by atoms with Gasteiger partial charge in [0.25, 0.3) is 0 Å². The smallest absolute Gasteiger partial charge is 0.300 e. The highest BCUT2D eigenvalue weighted by Crippen LogP contribution is 2.14. The second-order valence-electron chi connectivity index (χ2n) is 7.06. The highest BCUT2D eigenvalue weighted by atomic mass is 16.1. The predicted molar refractivity (Wildman–Crippen MR) is 126 cm³/mol. The summed E-state index contributed by atoms with van der Waals surface area (Å²) in [6.07, 6.45) is 3.60. The maximum absolute atomic E-state index is 12.1. The molecule has 0 bridgehead atoms. The van der Waals surface area contributed by atoms with Crippen molar-refractivity contribution in [3.63, 3.8) is 0 Å². The molecule has 0 spiro atoms. The van der Waals surface area contributed by atoms with Gasteiger partial charge >= 0.3 is 5.91 Å². The van der Waals surface area contributed by atoms with E-state index < -0.39 is 0 Å². The lowest BCUT2D eigenvalue weighted by atomic mass is 10.2. The van der Waals surface area contributed by atoms with E-state index in [0.717, 1.165) is 27.7 Å². The molecule has 0 radical (unpaired) electrons. The van der Waals surface area contributed by atoms with Crippen molar-refractivity contribution in [2.75, 3.05) is 5.32 Å². The third kappa shape index (κ3) is 5.52. The van der Waals surface area contributed by atoms with E-state index in [2.05, 4.69) is 37.8 Å². The van der Waals surface area contributed by atoms with Crippen LogP contribution in [-0.4, -0.2) is 21.8 Å². The van der Waals surface area contributed by atoms with Crippen LogP contribution in [0.25, 0.3) is 11.0 Å². The summed E-state index contributed by atoms with van der Waals surface area (Å²) in [7, 11) is 0. The number of H-pyrrole nitrogens is 1. The van der Waals surface area contributed by atoms with Gasteiger partial charge in [0.05, 0.1) is 0 Å². The lowest BCUT2D eigenvalue weighted by Gasteiger charge is -2.12. The molecule has 7 nitrogen and oxygen atoms in total. The lowest BCUT2D eigenvalue weighted by molar-refractivity contribution is -0.111. The fourth-order valence-electron chi connectivity index (χ4n) is 3.18. The van der Waals surface area contributed by atoms with E-state index in [4.69, 9.17) is 5.41 Å². The quantitative estimate of drug-likeness (QED) is 0.193. The summed E-state index contributed by atoms with van der Waals surface area (Å²) >= 11 is 0. The zero-order valence-corrected chi connectivity index (χ0v) is 17.3. The van der Waals surface area contributed by atoms with Gasteiger partial charge in [-0.15, -0.1) is 0 Å². The highest BCUT2D eigenvalue weighted by molar-refractivity contribution is 6.04. The SMILES string of the molecule is N=C(NCc1cccc(NC(=O)C#Cc2ccccc2)c1)NCc1ccnc2[nH]ccc12. The summed E-state index contributed by atoms with van der Waals surface area (Å²) in [5, 5.41) is 18.1. The first-order valence-electron chi connectivity index (χ1n) is 10.1. The second-order valence-corrected chi connectivity index (χ2v) is 7.06. The van der Waals surface area contributed by atoms with Crippen molar-refractivity contribution in [2.45, 2.75) is 13.1 Å². The Morgan fingerprint density at radius 2 is 1.84 bits per heavy atom. The Morgan fingerprint density at radius 3 is 2.72 bits per heavy atom. The number of guanidine groups is 1. The van der Waals surface area contributed by atoms with Gasteiger partial charge in [-0.3, -0.25) is 10.2 Å². The Balaban J connectivity index is 1.28. The second kappa shape index (κ2) is 9.96. The molecule has 32 heavy (non-hydrogen) atoms. The van der Waals surface area contributed by atoms with Gasteiger partial charge in [0.2, 0.25) is 0 Å². The molecule has 0 unspecified atom stereocenters. The van der Waals surface area contributed by atoms with Crippen LogP contribution in [0.4, 0.5) is 5.69 Å². The van der Waals surface area contributed by atoms with Crippen molar-refractivity contribution < 1.29 is 4.79 Å². The topological polar surface area (TPSA) is 106 Å². The Bertz CT molecular complexity index is 1300. The van der Waals surface area contributed by atoms with Crippen LogP contribution in [0, 0.1) is 17.3 Å². The van der Waals surface area contributed by atoms with E-state index in [9.17, 15) is 4.79 Å². The minimum atomic E-state index is -0.373. The first-order chi connectivity index (χ1) is 15.7. The molecule has 2 aromatic carbocycles. The summed E-state index contributed by atoms with van der Waals surface area (Å²) in [5.41, 5.74) is 4.26. The summed E-state index contributed by atoms with van der Waals surface area (Å²) in [6, 6.07) is 20.7. The molecule has 0 saturated carbocycles. The largest absolute Gasteiger partial charge is 0.353 e. The third-order valence-electron chi connectivity index (χ3n) is 4.75. The van der Waals surface area contributed by atoms with Crippen molar-refractivity contribution in [1.82, 2.24) is 20.6 Å². The van der Waals surface area contributed by atoms with E-state index in [1.165, 1.54) is 0 Å². The van der Waals surface area contributed by atoms with E-state index in [1.807, 2.05) is 66.9 Å². The van der Waals surface area contributed by atoms with Crippen LogP contribution in [0.15, 0.2) is 79.1 Å². The molecule has 0 aliphatic heterocycles. The van der Waals surface area contributed by atoms with Gasteiger partial charge in [0.1, 0.15) is 5.65 Å². The normalized spacial score (nSPS) is 10.1. The molecule has 4 rings (SSSR count). The number of carbonyl (C=O) groups is 1. The Kier molecular flexibility index (Phi) is 6.44. The molecule has 158 valence electrons. The van der Waals surface area contributed by atoms with Crippen molar-refractivity contribution in [2.24, 2.45) is 0 Å². The van der Waals surface area contributed by atoms with Crippen LogP contribution >= 0.6 is 0 Å². The monoisotopic (exact) mass is 422 g/mol. The number of anilines is 1. The van der Waals surface area contributed by atoms with Crippen molar-refractivity contribution in [3.05, 3.63) is 95.8 Å². The van der Waals surface area contributed by atoms with Crippen molar-refractivity contribution >= 4 is 28.6 Å². The molecular formula is C25H22N6O. The number of rotatable bonds is 5. The average molecular weight is 422 g/mol. The highest BCUT2D eigenvalue weighted by Gasteiger charge is 2.04. The number of benzene rings is 2. The van der Waals surface area contributed by atoms with Crippen LogP contribution in [0.5, 0.6) is 0 Å². The number of amides is 1. The maximum atomic E-state index is 12.1. The number of aromatic amines is 1. The molecule has 0 aliphatic carbocycles. The Hall–Kier alpha value is -4.57. The van der Waals surface area contributed by atoms with Crippen LogP contribution in [0.3, 0.4) is 0 Å². The molecule has 7 heteroatoms. The Labute approximate surface area is 185 Å². The van der Waals surface area contributed by atoms with Gasteiger partial charge in [-0.05, 0) is 47.5 Å². The average Bonchev–Trinajstić information content (AvgIpc) is 3.31. The zero-order valence-electron chi connectivity index (χ0n) is 17.3. The van der Waals surface area contributed by atoms with Gasteiger partial charge in [0, 0.05) is 48.0 Å². The number of carbonyl (C=O) groups excluding carboxylic acids is 1. The van der Waals surface area contributed by atoms with Crippen molar-refractivity contribution in [3.8, 4) is 11.8 Å². The first kappa shape index (κ1) is 20.7. The van der Waals surface area contributed by atoms with E-state index in [1.54, 1.807) is 12.3 Å². The van der Waals surface area contributed by atoms with Gasteiger partial charge in [-0.2, -0.15) is 0 Å². The van der Waals surface area contributed by atoms with Crippen LogP contribution < -0.4 is 16.0 Å². The first-order valence-corrected chi connectivity index (χ1v) is 10.1. The summed E-state index contributed by atoms with van der Waals surface area (Å²) in [5.74, 6) is 5.28. The minimum Gasteiger partial charge on any atom is -0.353 e. The van der Waals surface area contributed by atoms with Gasteiger partial charge in [0.15, 0.2) is 5.96 Å². The van der Waals surface area contributed by atoms with Gasteiger partial charge in [-0.25, -0.2) is 4.98 Å². The van der Waals surface area contributed by atoms with E-state index in [0.29, 0.717) is 18.8 Å². The molecule has 0 aliphatic rings. The van der Waals surface area contributed by atoms with Crippen molar-refractivity contribution in [1.29, 1.82) is 5.41 Å². The molecule has 4 aromatic rings. The zero-order chi connectivity index (χ0) is 22.2. The summed E-state index contributed by atoms with van der Waals surface area (Å²) < 4.78 is 0. The number of hydrogen-bond acceptors (Lipinski definition) is 3. The third-order valence-corrected chi connectivity index (χ3v) is 4.75. The molecule has 0 atom stereocenters. The molecule has 0 fully saturated rings. The van der Waals surface area contributed by atoms with Gasteiger partial charge in [-0.1, -0.05) is 36.3 Å². The molecule has 0 saturated heterocycles. The van der Waals surface area contributed by atoms with Gasteiger partial charge < -0.3 is 20.9 Å².